The summed E-state index contributed by atoms with van der Waals surface area (Å²) < 4.78 is 7.04. The number of carbonyl (C=O) groups is 2. The maximum Gasteiger partial charge on any atom is 0.273 e. The van der Waals surface area contributed by atoms with Crippen LogP contribution in [0.3, 0.4) is 0 Å². The van der Waals surface area contributed by atoms with E-state index >= 15 is 0 Å². The lowest BCUT2D eigenvalue weighted by Gasteiger charge is -2.25. The van der Waals surface area contributed by atoms with Gasteiger partial charge in [-0.3, -0.25) is 9.59 Å². The summed E-state index contributed by atoms with van der Waals surface area (Å²) in [7, 11) is 1.61. The summed E-state index contributed by atoms with van der Waals surface area (Å²) in [5.41, 5.74) is 1.85. The molecule has 1 aliphatic heterocycles. The number of ether oxygens (including phenoxy) is 1. The molecule has 8 heteroatoms. The van der Waals surface area contributed by atoms with Crippen molar-refractivity contribution in [2.24, 2.45) is 0 Å². The molecule has 1 aliphatic carbocycles. The molecule has 2 fully saturated rings. The van der Waals surface area contributed by atoms with Crippen LogP contribution >= 0.6 is 0 Å². The smallest absolute Gasteiger partial charge is 0.273 e. The number of amides is 2. The normalized spacial score (nSPS) is 19.3. The van der Waals surface area contributed by atoms with E-state index in [1.54, 1.807) is 18.0 Å². The Morgan fingerprint density at radius 3 is 2.77 bits per heavy atom. The van der Waals surface area contributed by atoms with Crippen molar-refractivity contribution in [3.63, 3.8) is 0 Å². The second-order valence-electron chi connectivity index (χ2n) is 8.21. The first kappa shape index (κ1) is 20.4. The van der Waals surface area contributed by atoms with Gasteiger partial charge in [-0.05, 0) is 44.7 Å². The minimum absolute atomic E-state index is 0.00761. The van der Waals surface area contributed by atoms with E-state index in [0.29, 0.717) is 30.1 Å². The lowest BCUT2D eigenvalue weighted by molar-refractivity contribution is 0.0719. The molecule has 1 atom stereocenters. The Kier molecular flexibility index (Phi) is 6.01. The maximum absolute atomic E-state index is 13.2. The molecule has 160 valence electrons. The third-order valence-electron chi connectivity index (χ3n) is 6.23. The van der Waals surface area contributed by atoms with E-state index in [-0.39, 0.29) is 23.9 Å². The van der Waals surface area contributed by atoms with Crippen LogP contribution in [0.25, 0.3) is 0 Å². The van der Waals surface area contributed by atoms with Gasteiger partial charge in [0.15, 0.2) is 5.69 Å². The number of benzene rings is 1. The molecule has 8 nitrogen and oxygen atoms in total. The Labute approximate surface area is 176 Å². The summed E-state index contributed by atoms with van der Waals surface area (Å²) in [4.78, 5) is 27.5. The Morgan fingerprint density at radius 1 is 1.20 bits per heavy atom. The summed E-state index contributed by atoms with van der Waals surface area (Å²) in [6.45, 7) is 3.14. The summed E-state index contributed by atoms with van der Waals surface area (Å²) in [6.07, 6.45) is 7.92. The molecule has 1 N–H and O–H groups in total. The second-order valence-corrected chi connectivity index (χ2v) is 8.21. The molecule has 2 heterocycles. The molecule has 2 amide bonds. The van der Waals surface area contributed by atoms with Crippen LogP contribution in [0.1, 0.15) is 64.9 Å². The van der Waals surface area contributed by atoms with E-state index in [1.807, 2.05) is 30.0 Å². The van der Waals surface area contributed by atoms with Crippen molar-refractivity contribution in [3.8, 4) is 5.75 Å². The van der Waals surface area contributed by atoms with E-state index in [9.17, 15) is 9.59 Å². The van der Waals surface area contributed by atoms with Crippen molar-refractivity contribution >= 4 is 11.8 Å². The fraction of sp³-hybridized carbons (Fsp3) is 0.545. The first-order chi connectivity index (χ1) is 14.6. The van der Waals surface area contributed by atoms with Gasteiger partial charge in [-0.25, -0.2) is 4.68 Å². The van der Waals surface area contributed by atoms with Gasteiger partial charge in [0.25, 0.3) is 11.8 Å². The molecule has 1 aromatic heterocycles. The number of hydrogen-bond donors (Lipinski definition) is 1. The Hall–Kier alpha value is -2.90. The summed E-state index contributed by atoms with van der Waals surface area (Å²) in [5.74, 6) is 0.554. The highest BCUT2D eigenvalue weighted by Crippen LogP contribution is 2.26. The van der Waals surface area contributed by atoms with Gasteiger partial charge in [0.05, 0.1) is 25.9 Å². The Balaban J connectivity index is 1.43. The van der Waals surface area contributed by atoms with Crippen molar-refractivity contribution in [2.45, 2.75) is 64.1 Å². The van der Waals surface area contributed by atoms with Crippen molar-refractivity contribution in [3.05, 3.63) is 41.2 Å². The standard InChI is InChI=1S/C22H29N5O3/c1-15-18(10-5-11-20(15)30-2)22(29)27-12-6-9-17(27)13-26-14-19(24-25-26)21(28)23-16-7-3-4-8-16/h5,10-11,14,16-17H,3-4,6-9,12-13H2,1-2H3,(H,23,28)/t17-/m0/s1. The van der Waals surface area contributed by atoms with Gasteiger partial charge in [0, 0.05) is 23.7 Å². The fourth-order valence-corrected chi connectivity index (χ4v) is 4.55. The number of methoxy groups -OCH3 is 1. The molecule has 4 rings (SSSR count). The van der Waals surface area contributed by atoms with Crippen molar-refractivity contribution in [1.82, 2.24) is 25.2 Å². The molecule has 0 radical (unpaired) electrons. The van der Waals surface area contributed by atoms with Crippen LogP contribution < -0.4 is 10.1 Å². The number of carbonyl (C=O) groups excluding carboxylic acids is 2. The zero-order chi connectivity index (χ0) is 21.1. The predicted octanol–water partition coefficient (Wildman–Crippen LogP) is 2.57. The van der Waals surface area contributed by atoms with Gasteiger partial charge >= 0.3 is 0 Å². The summed E-state index contributed by atoms with van der Waals surface area (Å²) in [5, 5.41) is 11.2. The topological polar surface area (TPSA) is 89.4 Å². The highest BCUT2D eigenvalue weighted by atomic mass is 16.5. The van der Waals surface area contributed by atoms with Gasteiger partial charge in [0.1, 0.15) is 5.75 Å². The van der Waals surface area contributed by atoms with Crippen molar-refractivity contribution in [2.75, 3.05) is 13.7 Å². The maximum atomic E-state index is 13.2. The van der Waals surface area contributed by atoms with Crippen LogP contribution in [0.4, 0.5) is 0 Å². The third kappa shape index (κ3) is 4.17. The van der Waals surface area contributed by atoms with Crippen LogP contribution in [-0.2, 0) is 6.54 Å². The van der Waals surface area contributed by atoms with E-state index in [2.05, 4.69) is 15.6 Å². The van der Waals surface area contributed by atoms with Crippen LogP contribution in [0, 0.1) is 6.92 Å². The highest BCUT2D eigenvalue weighted by molar-refractivity contribution is 5.96. The van der Waals surface area contributed by atoms with E-state index in [4.69, 9.17) is 4.74 Å². The summed E-state index contributed by atoms with van der Waals surface area (Å²) >= 11 is 0. The Morgan fingerprint density at radius 2 is 2.00 bits per heavy atom. The van der Waals surface area contributed by atoms with Crippen molar-refractivity contribution < 1.29 is 14.3 Å². The van der Waals surface area contributed by atoms with Gasteiger partial charge in [-0.15, -0.1) is 5.10 Å². The number of nitrogens with zero attached hydrogens (tertiary/aromatic N) is 4. The van der Waals surface area contributed by atoms with E-state index in [0.717, 1.165) is 44.1 Å². The fourth-order valence-electron chi connectivity index (χ4n) is 4.55. The number of nitrogens with one attached hydrogen (secondary N) is 1. The molecule has 0 unspecified atom stereocenters. The zero-order valence-corrected chi connectivity index (χ0v) is 17.6. The molecule has 1 aromatic carbocycles. The van der Waals surface area contributed by atoms with Gasteiger partial charge in [-0.2, -0.15) is 0 Å². The van der Waals surface area contributed by atoms with Gasteiger partial charge in [-0.1, -0.05) is 24.1 Å². The third-order valence-corrected chi connectivity index (χ3v) is 6.23. The average molecular weight is 412 g/mol. The van der Waals surface area contributed by atoms with Gasteiger partial charge < -0.3 is 15.0 Å². The Bertz CT molecular complexity index is 919. The largest absolute Gasteiger partial charge is 0.496 e. The molecule has 0 spiro atoms. The number of likely N-dealkylation sites (tertiary alicyclic amines) is 1. The monoisotopic (exact) mass is 411 g/mol. The first-order valence-corrected chi connectivity index (χ1v) is 10.7. The molecule has 0 bridgehead atoms. The van der Waals surface area contributed by atoms with Gasteiger partial charge in [0.2, 0.25) is 0 Å². The second kappa shape index (κ2) is 8.85. The van der Waals surface area contributed by atoms with E-state index in [1.165, 1.54) is 0 Å². The molecule has 2 aromatic rings. The molecule has 1 saturated heterocycles. The van der Waals surface area contributed by atoms with Crippen LogP contribution in [0.5, 0.6) is 5.75 Å². The average Bonchev–Trinajstić information content (AvgIpc) is 3.50. The summed E-state index contributed by atoms with van der Waals surface area (Å²) in [6, 6.07) is 5.82. The number of rotatable bonds is 6. The van der Waals surface area contributed by atoms with Crippen LogP contribution in [0.2, 0.25) is 0 Å². The highest BCUT2D eigenvalue weighted by Gasteiger charge is 2.31. The van der Waals surface area contributed by atoms with E-state index < -0.39 is 0 Å². The lowest BCUT2D eigenvalue weighted by Crippen LogP contribution is -2.38. The molecule has 1 saturated carbocycles. The molecular weight excluding hydrogens is 382 g/mol. The number of aromatic nitrogens is 3. The lowest BCUT2D eigenvalue weighted by atomic mass is 10.1. The quantitative estimate of drug-likeness (QED) is 0.789. The molecular formula is C22H29N5O3. The predicted molar refractivity (Wildman–Crippen MR) is 112 cm³/mol. The minimum Gasteiger partial charge on any atom is -0.496 e. The minimum atomic E-state index is -0.167. The van der Waals surface area contributed by atoms with Crippen LogP contribution in [0.15, 0.2) is 24.4 Å². The number of hydrogen-bond acceptors (Lipinski definition) is 5. The first-order valence-electron chi connectivity index (χ1n) is 10.7. The molecule has 2 aliphatic rings. The van der Waals surface area contributed by atoms with Crippen molar-refractivity contribution in [1.29, 1.82) is 0 Å². The van der Waals surface area contributed by atoms with Crippen LogP contribution in [-0.4, -0.2) is 57.4 Å². The molecule has 30 heavy (non-hydrogen) atoms. The zero-order valence-electron chi connectivity index (χ0n) is 17.6. The SMILES string of the molecule is COc1cccc(C(=O)N2CCC[C@H]2Cn2cc(C(=O)NC3CCCC3)nn2)c1C.